The zero-order valence-corrected chi connectivity index (χ0v) is 21.5. The number of hydrogen-bond donors (Lipinski definition) is 3. The van der Waals surface area contributed by atoms with Gasteiger partial charge < -0.3 is 15.3 Å². The summed E-state index contributed by atoms with van der Waals surface area (Å²) in [7, 11) is -7.66. The summed E-state index contributed by atoms with van der Waals surface area (Å²) in [6.45, 7) is 11.4. The van der Waals surface area contributed by atoms with Gasteiger partial charge in [-0.25, -0.2) is 16.8 Å². The van der Waals surface area contributed by atoms with Crippen LogP contribution in [-0.2, 0) is 24.7 Å². The number of aliphatic hydroxyl groups excluding tert-OH is 1. The Hall–Kier alpha value is -2.53. The maximum absolute atomic E-state index is 13.4. The molecule has 33 heavy (non-hydrogen) atoms. The highest BCUT2D eigenvalue weighted by Gasteiger charge is 2.48. The Morgan fingerprint density at radius 3 is 2.36 bits per heavy atom. The molecule has 1 unspecified atom stereocenters. The van der Waals surface area contributed by atoms with E-state index in [1.165, 1.54) is 25.1 Å². The van der Waals surface area contributed by atoms with E-state index in [9.17, 15) is 26.7 Å². The second kappa shape index (κ2) is 8.05. The number of anilines is 2. The summed E-state index contributed by atoms with van der Waals surface area (Å²) in [5, 5.41) is 14.2. The van der Waals surface area contributed by atoms with E-state index in [-0.39, 0.29) is 44.1 Å². The highest BCUT2D eigenvalue weighted by atomic mass is 32.2. The van der Waals surface area contributed by atoms with Crippen LogP contribution in [0.5, 0.6) is 0 Å². The molecule has 182 valence electrons. The first-order chi connectivity index (χ1) is 14.9. The highest BCUT2D eigenvalue weighted by molar-refractivity contribution is 7.95. The van der Waals surface area contributed by atoms with Crippen molar-refractivity contribution in [2.24, 2.45) is 11.3 Å². The molecule has 2 heterocycles. The molecule has 0 saturated heterocycles. The first-order valence-corrected chi connectivity index (χ1v) is 13.9. The Kier molecular flexibility index (Phi) is 6.12. The SMILES string of the molecule is CC1=C(C2=C(O)C(C(C)(C)C)N(CC(C)C)C2=O)Nc2ccc(NS(C)(=O)=O)cc2S1(=O)=O. The summed E-state index contributed by atoms with van der Waals surface area (Å²) in [4.78, 5) is 14.8. The Bertz CT molecular complexity index is 1290. The van der Waals surface area contributed by atoms with Crippen molar-refractivity contribution in [2.45, 2.75) is 52.5 Å². The molecule has 0 fully saturated rings. The molecule has 0 radical (unpaired) electrons. The van der Waals surface area contributed by atoms with Crippen LogP contribution in [-0.4, -0.2) is 51.6 Å². The lowest BCUT2D eigenvalue weighted by molar-refractivity contribution is -0.129. The lowest BCUT2D eigenvalue weighted by atomic mass is 9.85. The summed E-state index contributed by atoms with van der Waals surface area (Å²) < 4.78 is 52.0. The van der Waals surface area contributed by atoms with Gasteiger partial charge in [0.05, 0.1) is 33.5 Å². The molecule has 1 aromatic rings. The van der Waals surface area contributed by atoms with Gasteiger partial charge in [0.1, 0.15) is 11.3 Å². The predicted molar refractivity (Wildman–Crippen MR) is 128 cm³/mol. The summed E-state index contributed by atoms with van der Waals surface area (Å²) in [6, 6.07) is 3.48. The fourth-order valence-electron chi connectivity index (χ4n) is 4.24. The van der Waals surface area contributed by atoms with Gasteiger partial charge in [0, 0.05) is 12.2 Å². The zero-order valence-electron chi connectivity index (χ0n) is 19.8. The maximum atomic E-state index is 13.4. The van der Waals surface area contributed by atoms with Crippen LogP contribution in [0.4, 0.5) is 11.4 Å². The number of rotatable bonds is 5. The zero-order chi connectivity index (χ0) is 25.1. The third-order valence-corrected chi connectivity index (χ3v) is 8.06. The van der Waals surface area contributed by atoms with E-state index in [1.54, 1.807) is 4.90 Å². The van der Waals surface area contributed by atoms with E-state index in [1.807, 2.05) is 34.6 Å². The van der Waals surface area contributed by atoms with Crippen molar-refractivity contribution in [2.75, 3.05) is 22.8 Å². The number of nitrogens with zero attached hydrogens (tertiary/aromatic N) is 1. The van der Waals surface area contributed by atoms with Crippen LogP contribution in [0.25, 0.3) is 0 Å². The van der Waals surface area contributed by atoms with Crippen molar-refractivity contribution in [3.05, 3.63) is 40.1 Å². The maximum Gasteiger partial charge on any atom is 0.260 e. The Balaban J connectivity index is 2.16. The average Bonchev–Trinajstić information content (AvgIpc) is 2.87. The standard InChI is InChI=1S/C22H31N3O6S2/c1-12(2)11-25-20(22(4,5)6)19(26)17(21(25)27)18-13(3)33(30,31)16-10-14(24-32(7,28)29)8-9-15(16)23-18/h8-10,12,20,23-24,26H,11H2,1-7H3. The number of benzene rings is 1. The quantitative estimate of drug-likeness (QED) is 0.569. The fraction of sp³-hybridized carbons (Fsp3) is 0.500. The molecule has 2 aliphatic rings. The topological polar surface area (TPSA) is 133 Å². The minimum absolute atomic E-state index is 0.0364. The van der Waals surface area contributed by atoms with Gasteiger partial charge in [0.25, 0.3) is 5.91 Å². The number of aliphatic hydroxyl groups is 1. The normalized spacial score (nSPS) is 20.9. The van der Waals surface area contributed by atoms with Crippen molar-refractivity contribution in [1.29, 1.82) is 0 Å². The lowest BCUT2D eigenvalue weighted by Crippen LogP contribution is -2.45. The van der Waals surface area contributed by atoms with Crippen LogP contribution in [0.15, 0.2) is 45.0 Å². The number of allylic oxidation sites excluding steroid dienone is 1. The van der Waals surface area contributed by atoms with E-state index in [0.717, 1.165) is 6.26 Å². The average molecular weight is 498 g/mol. The number of carbonyl (C=O) groups is 1. The number of fused-ring (bicyclic) bond motifs is 1. The Morgan fingerprint density at radius 1 is 1.24 bits per heavy atom. The summed E-state index contributed by atoms with van der Waals surface area (Å²) in [5.74, 6) is -0.452. The van der Waals surface area contributed by atoms with E-state index in [0.29, 0.717) is 6.54 Å². The van der Waals surface area contributed by atoms with Crippen LogP contribution in [0.2, 0.25) is 0 Å². The van der Waals surface area contributed by atoms with E-state index >= 15 is 0 Å². The molecule has 1 aromatic carbocycles. The molecule has 0 bridgehead atoms. The molecule has 0 saturated carbocycles. The van der Waals surface area contributed by atoms with Crippen LogP contribution in [0.1, 0.15) is 41.5 Å². The summed E-state index contributed by atoms with van der Waals surface area (Å²) in [5.41, 5.74) is -0.206. The van der Waals surface area contributed by atoms with Gasteiger partial charge in [-0.05, 0) is 36.5 Å². The highest BCUT2D eigenvalue weighted by Crippen LogP contribution is 2.44. The number of sulfone groups is 1. The minimum Gasteiger partial charge on any atom is -0.509 e. The van der Waals surface area contributed by atoms with Gasteiger partial charge in [-0.1, -0.05) is 34.6 Å². The molecule has 0 spiro atoms. The lowest BCUT2D eigenvalue weighted by Gasteiger charge is -2.36. The van der Waals surface area contributed by atoms with E-state index < -0.39 is 37.2 Å². The molecule has 9 nitrogen and oxygen atoms in total. The van der Waals surface area contributed by atoms with Gasteiger partial charge in [-0.15, -0.1) is 0 Å². The van der Waals surface area contributed by atoms with Gasteiger partial charge in [-0.3, -0.25) is 9.52 Å². The van der Waals surface area contributed by atoms with Crippen LogP contribution in [0, 0.1) is 11.3 Å². The number of nitrogens with one attached hydrogen (secondary N) is 2. The molecule has 3 N–H and O–H groups in total. The van der Waals surface area contributed by atoms with Crippen molar-refractivity contribution in [1.82, 2.24) is 4.90 Å². The fourth-order valence-corrected chi connectivity index (χ4v) is 6.23. The van der Waals surface area contributed by atoms with Crippen LogP contribution < -0.4 is 10.0 Å². The second-order valence-electron chi connectivity index (χ2n) is 10.0. The Labute approximate surface area is 195 Å². The molecular formula is C22H31N3O6S2. The molecule has 0 aliphatic carbocycles. The van der Waals surface area contributed by atoms with E-state index in [4.69, 9.17) is 0 Å². The molecular weight excluding hydrogens is 466 g/mol. The first kappa shape index (κ1) is 25.1. The van der Waals surface area contributed by atoms with Crippen molar-refractivity contribution in [3.63, 3.8) is 0 Å². The smallest absolute Gasteiger partial charge is 0.260 e. The number of sulfonamides is 1. The second-order valence-corrected chi connectivity index (χ2v) is 13.8. The van der Waals surface area contributed by atoms with Gasteiger partial charge >= 0.3 is 0 Å². The third kappa shape index (κ3) is 4.61. The predicted octanol–water partition coefficient (Wildman–Crippen LogP) is 3.21. The number of hydrogen-bond acceptors (Lipinski definition) is 7. The van der Waals surface area contributed by atoms with Crippen molar-refractivity contribution >= 4 is 37.1 Å². The van der Waals surface area contributed by atoms with Crippen molar-refractivity contribution in [3.8, 4) is 0 Å². The first-order valence-electron chi connectivity index (χ1n) is 10.5. The number of amides is 1. The minimum atomic E-state index is -4.06. The summed E-state index contributed by atoms with van der Waals surface area (Å²) in [6.07, 6.45) is 0.970. The molecule has 3 rings (SSSR count). The van der Waals surface area contributed by atoms with Crippen LogP contribution >= 0.6 is 0 Å². The molecule has 1 atom stereocenters. The molecule has 2 aliphatic heterocycles. The van der Waals surface area contributed by atoms with E-state index in [2.05, 4.69) is 10.0 Å². The summed E-state index contributed by atoms with van der Waals surface area (Å²) >= 11 is 0. The largest absolute Gasteiger partial charge is 0.509 e. The van der Waals surface area contributed by atoms with Crippen LogP contribution in [0.3, 0.4) is 0 Å². The molecule has 1 amide bonds. The number of carbonyl (C=O) groups excluding carboxylic acids is 1. The third-order valence-electron chi connectivity index (χ3n) is 5.52. The van der Waals surface area contributed by atoms with Gasteiger partial charge in [0.2, 0.25) is 19.9 Å². The van der Waals surface area contributed by atoms with Gasteiger partial charge in [-0.2, -0.15) is 0 Å². The monoisotopic (exact) mass is 497 g/mol. The van der Waals surface area contributed by atoms with Gasteiger partial charge in [0.15, 0.2) is 0 Å². The molecule has 0 aromatic heterocycles. The van der Waals surface area contributed by atoms with Crippen molar-refractivity contribution < 1.29 is 26.7 Å². The Morgan fingerprint density at radius 2 is 1.85 bits per heavy atom. The molecule has 11 heteroatoms.